The Morgan fingerprint density at radius 2 is 1.71 bits per heavy atom. The molecule has 1 aromatic carbocycles. The standard InChI is InChI=1S/C21H22N2O8/c1-4-16(21-13-6-5-12(9-13)20(21,2)17(21)19(25)30-3)31-18(24)11-7-14(22(26)27)10-15(8-11)23(28)29/h5-8,10,12-13,16-17H,4,9H2,1-3H3/t12-,13+,16?,17+,20+,21+/m1/s1. The number of esters is 2. The largest absolute Gasteiger partial charge is 0.469 e. The summed E-state index contributed by atoms with van der Waals surface area (Å²) in [4.78, 5) is 46.2. The van der Waals surface area contributed by atoms with E-state index in [0.29, 0.717) is 6.42 Å². The molecule has 2 fully saturated rings. The van der Waals surface area contributed by atoms with E-state index in [1.165, 1.54) is 7.11 Å². The lowest BCUT2D eigenvalue weighted by molar-refractivity contribution is -0.394. The van der Waals surface area contributed by atoms with Gasteiger partial charge in [0.25, 0.3) is 11.4 Å². The van der Waals surface area contributed by atoms with Gasteiger partial charge in [-0.15, -0.1) is 0 Å². The molecule has 31 heavy (non-hydrogen) atoms. The third-order valence-electron chi connectivity index (χ3n) is 7.54. The van der Waals surface area contributed by atoms with Gasteiger partial charge in [0.15, 0.2) is 0 Å². The second-order valence-electron chi connectivity index (χ2n) is 8.56. The lowest BCUT2D eigenvalue weighted by Gasteiger charge is -2.32. The predicted molar refractivity (Wildman–Crippen MR) is 106 cm³/mol. The van der Waals surface area contributed by atoms with Crippen LogP contribution in [0.1, 0.15) is 37.0 Å². The highest BCUT2D eigenvalue weighted by Gasteiger charge is 2.88. The molecule has 0 N–H and O–H groups in total. The van der Waals surface area contributed by atoms with E-state index in [1.807, 2.05) is 13.8 Å². The molecule has 0 radical (unpaired) electrons. The van der Waals surface area contributed by atoms with Gasteiger partial charge in [0.2, 0.25) is 0 Å². The molecule has 3 aliphatic rings. The number of hydrogen-bond acceptors (Lipinski definition) is 8. The lowest BCUT2D eigenvalue weighted by atomic mass is 9.79. The Hall–Kier alpha value is -3.30. The van der Waals surface area contributed by atoms with Gasteiger partial charge in [-0.3, -0.25) is 25.0 Å². The number of hydrogen-bond donors (Lipinski definition) is 0. The zero-order valence-corrected chi connectivity index (χ0v) is 17.3. The van der Waals surface area contributed by atoms with Crippen molar-refractivity contribution >= 4 is 23.3 Å². The van der Waals surface area contributed by atoms with Crippen LogP contribution in [0.3, 0.4) is 0 Å². The second kappa shape index (κ2) is 6.86. The summed E-state index contributed by atoms with van der Waals surface area (Å²) in [5.41, 5.74) is -2.43. The summed E-state index contributed by atoms with van der Waals surface area (Å²) < 4.78 is 10.8. The van der Waals surface area contributed by atoms with Crippen LogP contribution >= 0.6 is 0 Å². The van der Waals surface area contributed by atoms with E-state index in [2.05, 4.69) is 12.2 Å². The molecule has 10 heteroatoms. The highest BCUT2D eigenvalue weighted by Crippen LogP contribution is 2.86. The summed E-state index contributed by atoms with van der Waals surface area (Å²) in [6.45, 7) is 3.85. The van der Waals surface area contributed by atoms with Gasteiger partial charge in [0.05, 0.1) is 34.5 Å². The number of methoxy groups -OCH3 is 1. The molecule has 1 aromatic rings. The normalized spacial score (nSPS) is 32.8. The summed E-state index contributed by atoms with van der Waals surface area (Å²) in [5.74, 6) is -1.45. The number of carbonyl (C=O) groups is 2. The zero-order valence-electron chi connectivity index (χ0n) is 17.3. The molecule has 2 saturated carbocycles. The van der Waals surface area contributed by atoms with Gasteiger partial charge in [0.1, 0.15) is 6.10 Å². The van der Waals surface area contributed by atoms with Crippen molar-refractivity contribution in [2.24, 2.45) is 28.6 Å². The molecule has 1 unspecified atom stereocenters. The van der Waals surface area contributed by atoms with Gasteiger partial charge < -0.3 is 9.47 Å². The Bertz CT molecular complexity index is 1000. The van der Waals surface area contributed by atoms with Crippen LogP contribution in [-0.2, 0) is 14.3 Å². The molecule has 2 bridgehead atoms. The first-order valence-electron chi connectivity index (χ1n) is 10.0. The number of rotatable bonds is 7. The summed E-state index contributed by atoms with van der Waals surface area (Å²) in [5, 5.41) is 22.3. The second-order valence-corrected chi connectivity index (χ2v) is 8.56. The van der Waals surface area contributed by atoms with E-state index in [9.17, 15) is 29.8 Å². The summed E-state index contributed by atoms with van der Waals surface area (Å²) in [6, 6.07) is 2.72. The minimum Gasteiger partial charge on any atom is -0.469 e. The van der Waals surface area contributed by atoms with Crippen LogP contribution in [-0.4, -0.2) is 35.0 Å². The van der Waals surface area contributed by atoms with Crippen molar-refractivity contribution in [1.29, 1.82) is 0 Å². The molecular formula is C21H22N2O8. The van der Waals surface area contributed by atoms with Gasteiger partial charge in [-0.05, 0) is 30.1 Å². The van der Waals surface area contributed by atoms with Crippen LogP contribution in [0, 0.1) is 48.8 Å². The summed E-state index contributed by atoms with van der Waals surface area (Å²) in [7, 11) is 1.33. The number of nitro groups is 2. The van der Waals surface area contributed by atoms with Crippen molar-refractivity contribution in [3.63, 3.8) is 0 Å². The van der Waals surface area contributed by atoms with Crippen LogP contribution in [0.25, 0.3) is 0 Å². The minimum absolute atomic E-state index is 0.0452. The Labute approximate surface area is 177 Å². The van der Waals surface area contributed by atoms with Crippen molar-refractivity contribution in [1.82, 2.24) is 0 Å². The van der Waals surface area contributed by atoms with Crippen molar-refractivity contribution in [2.75, 3.05) is 7.11 Å². The highest BCUT2D eigenvalue weighted by molar-refractivity contribution is 5.91. The minimum atomic E-state index is -0.891. The lowest BCUT2D eigenvalue weighted by Crippen LogP contribution is -2.36. The molecule has 164 valence electrons. The monoisotopic (exact) mass is 430 g/mol. The van der Waals surface area contributed by atoms with E-state index >= 15 is 0 Å². The molecule has 0 aliphatic heterocycles. The van der Waals surface area contributed by atoms with Crippen molar-refractivity contribution in [3.05, 3.63) is 56.1 Å². The third kappa shape index (κ3) is 2.63. The number of ether oxygens (including phenoxy) is 2. The van der Waals surface area contributed by atoms with E-state index in [4.69, 9.17) is 9.47 Å². The van der Waals surface area contributed by atoms with Crippen molar-refractivity contribution in [2.45, 2.75) is 32.8 Å². The van der Waals surface area contributed by atoms with Crippen LogP contribution in [0.5, 0.6) is 0 Å². The Morgan fingerprint density at radius 1 is 1.13 bits per heavy atom. The zero-order chi connectivity index (χ0) is 22.7. The first-order valence-corrected chi connectivity index (χ1v) is 10.0. The number of fused-ring (bicyclic) bond motifs is 5. The van der Waals surface area contributed by atoms with E-state index in [-0.39, 0.29) is 23.4 Å². The molecule has 6 atom stereocenters. The molecule has 0 aromatic heterocycles. The Morgan fingerprint density at radius 3 is 2.23 bits per heavy atom. The van der Waals surface area contributed by atoms with Crippen LogP contribution in [0.4, 0.5) is 11.4 Å². The molecule has 0 amide bonds. The van der Waals surface area contributed by atoms with E-state index < -0.39 is 50.0 Å². The Kier molecular flexibility index (Phi) is 4.64. The van der Waals surface area contributed by atoms with Crippen molar-refractivity contribution < 1.29 is 28.9 Å². The Balaban J connectivity index is 1.68. The fourth-order valence-corrected chi connectivity index (χ4v) is 6.31. The fraction of sp³-hybridized carbons (Fsp3) is 0.524. The van der Waals surface area contributed by atoms with Crippen LogP contribution in [0.2, 0.25) is 0 Å². The number of benzene rings is 1. The molecule has 3 aliphatic carbocycles. The maximum absolute atomic E-state index is 12.9. The predicted octanol–water partition coefficient (Wildman–Crippen LogP) is 3.44. The smallest absolute Gasteiger partial charge is 0.338 e. The first kappa shape index (κ1) is 21.0. The van der Waals surface area contributed by atoms with Crippen LogP contribution < -0.4 is 0 Å². The van der Waals surface area contributed by atoms with Gasteiger partial charge >= 0.3 is 11.9 Å². The molecule has 10 nitrogen and oxygen atoms in total. The maximum Gasteiger partial charge on any atom is 0.338 e. The number of nitro benzene ring substituents is 2. The summed E-state index contributed by atoms with van der Waals surface area (Å²) in [6.07, 6.45) is 4.80. The van der Waals surface area contributed by atoms with E-state index in [0.717, 1.165) is 24.6 Å². The van der Waals surface area contributed by atoms with Crippen molar-refractivity contribution in [3.8, 4) is 0 Å². The van der Waals surface area contributed by atoms with E-state index in [1.54, 1.807) is 0 Å². The number of non-ortho nitro benzene ring substituents is 2. The maximum atomic E-state index is 12.9. The highest BCUT2D eigenvalue weighted by atomic mass is 16.6. The fourth-order valence-electron chi connectivity index (χ4n) is 6.31. The molecule has 4 rings (SSSR count). The topological polar surface area (TPSA) is 139 Å². The third-order valence-corrected chi connectivity index (χ3v) is 7.54. The number of allylic oxidation sites excluding steroid dienone is 2. The van der Waals surface area contributed by atoms with Gasteiger partial charge in [0, 0.05) is 17.5 Å². The quantitative estimate of drug-likeness (QED) is 0.277. The van der Waals surface area contributed by atoms with Gasteiger partial charge in [-0.25, -0.2) is 4.79 Å². The number of nitrogens with zero attached hydrogens (tertiary/aromatic N) is 2. The van der Waals surface area contributed by atoms with Gasteiger partial charge in [-0.1, -0.05) is 26.0 Å². The summed E-state index contributed by atoms with van der Waals surface area (Å²) >= 11 is 0. The van der Waals surface area contributed by atoms with Crippen LogP contribution in [0.15, 0.2) is 30.4 Å². The average Bonchev–Trinajstić information content (AvgIpc) is 3.02. The molecule has 0 heterocycles. The molecule has 0 saturated heterocycles. The first-order chi connectivity index (χ1) is 14.6. The molecule has 0 spiro atoms. The van der Waals surface area contributed by atoms with Gasteiger partial charge in [-0.2, -0.15) is 0 Å². The number of carbonyl (C=O) groups excluding carboxylic acids is 2. The molecular weight excluding hydrogens is 408 g/mol. The SMILES string of the molecule is CCC(OC(=O)c1cc([N+](=O)[O-])cc([N+](=O)[O-])c1)[C@]12[C@H]3C=C[C@H](C3)[C@@]1(C)[C@@H]2C(=O)OC. The average molecular weight is 430 g/mol.